The van der Waals surface area contributed by atoms with Gasteiger partial charge in [-0.2, -0.15) is 0 Å². The molecule has 1 fully saturated rings. The SMILES string of the molecule is O=C(O)C(Br)C(=O)N1CCCC1. The second-order valence-electron chi connectivity index (χ2n) is 2.73. The molecule has 0 radical (unpaired) electrons. The van der Waals surface area contributed by atoms with Crippen LogP contribution in [0.1, 0.15) is 12.8 Å². The van der Waals surface area contributed by atoms with Crippen molar-refractivity contribution in [2.75, 3.05) is 13.1 Å². The molecule has 1 unspecified atom stereocenters. The summed E-state index contributed by atoms with van der Waals surface area (Å²) in [4.78, 5) is 22.2. The van der Waals surface area contributed by atoms with Gasteiger partial charge >= 0.3 is 5.97 Å². The molecular weight excluding hydrogens is 226 g/mol. The van der Waals surface area contributed by atoms with Crippen molar-refractivity contribution in [3.8, 4) is 0 Å². The first-order valence-electron chi connectivity index (χ1n) is 3.78. The smallest absolute Gasteiger partial charge is 0.327 e. The lowest BCUT2D eigenvalue weighted by Crippen LogP contribution is -2.38. The molecule has 1 atom stereocenters. The van der Waals surface area contributed by atoms with Crippen molar-refractivity contribution >= 4 is 27.8 Å². The number of rotatable bonds is 2. The minimum atomic E-state index is -1.12. The first-order valence-corrected chi connectivity index (χ1v) is 4.70. The molecule has 0 aromatic rings. The highest BCUT2D eigenvalue weighted by Gasteiger charge is 2.29. The summed E-state index contributed by atoms with van der Waals surface area (Å²) in [7, 11) is 0. The second-order valence-corrected chi connectivity index (χ2v) is 3.65. The lowest BCUT2D eigenvalue weighted by molar-refractivity contribution is -0.142. The van der Waals surface area contributed by atoms with Crippen molar-refractivity contribution < 1.29 is 14.7 Å². The average molecular weight is 236 g/mol. The van der Waals surface area contributed by atoms with E-state index < -0.39 is 10.8 Å². The Bertz CT molecular complexity index is 201. The van der Waals surface area contributed by atoms with Crippen LogP contribution in [0.2, 0.25) is 0 Å². The van der Waals surface area contributed by atoms with Crippen LogP contribution in [0.4, 0.5) is 0 Å². The number of aliphatic carboxylic acids is 1. The summed E-state index contributed by atoms with van der Waals surface area (Å²) < 4.78 is 0. The van der Waals surface area contributed by atoms with Gasteiger partial charge in [-0.05, 0) is 12.8 Å². The maximum atomic E-state index is 11.3. The van der Waals surface area contributed by atoms with Crippen LogP contribution >= 0.6 is 15.9 Å². The molecule has 1 heterocycles. The summed E-state index contributed by atoms with van der Waals surface area (Å²) in [5.74, 6) is -1.45. The third-order valence-electron chi connectivity index (χ3n) is 1.85. The highest BCUT2D eigenvalue weighted by Crippen LogP contribution is 2.12. The Balaban J connectivity index is 2.51. The molecule has 0 saturated carbocycles. The zero-order valence-electron chi connectivity index (χ0n) is 6.49. The minimum Gasteiger partial charge on any atom is -0.480 e. The quantitative estimate of drug-likeness (QED) is 0.559. The van der Waals surface area contributed by atoms with Crippen LogP contribution < -0.4 is 0 Å². The van der Waals surface area contributed by atoms with Crippen molar-refractivity contribution in [3.05, 3.63) is 0 Å². The van der Waals surface area contributed by atoms with E-state index in [-0.39, 0.29) is 5.91 Å². The maximum absolute atomic E-state index is 11.3. The van der Waals surface area contributed by atoms with Crippen LogP contribution in [0, 0.1) is 0 Å². The molecular formula is C7H10BrNO3. The Labute approximate surface area is 78.7 Å². The third-order valence-corrected chi connectivity index (χ3v) is 2.63. The lowest BCUT2D eigenvalue weighted by Gasteiger charge is -2.16. The fourth-order valence-electron chi connectivity index (χ4n) is 1.20. The van der Waals surface area contributed by atoms with E-state index in [0.717, 1.165) is 12.8 Å². The molecule has 68 valence electrons. The Kier molecular flexibility index (Phi) is 3.08. The number of likely N-dealkylation sites (tertiary alicyclic amines) is 1. The van der Waals surface area contributed by atoms with Gasteiger partial charge in [-0.15, -0.1) is 0 Å². The van der Waals surface area contributed by atoms with Gasteiger partial charge in [0.15, 0.2) is 4.83 Å². The number of carbonyl (C=O) groups excluding carboxylic acids is 1. The highest BCUT2D eigenvalue weighted by atomic mass is 79.9. The predicted octanol–water partition coefficient (Wildman–Crippen LogP) is 0.457. The van der Waals surface area contributed by atoms with Crippen LogP contribution in [-0.2, 0) is 9.59 Å². The number of hydrogen-bond acceptors (Lipinski definition) is 2. The van der Waals surface area contributed by atoms with Crippen LogP contribution in [0.5, 0.6) is 0 Å². The molecule has 1 aliphatic rings. The van der Waals surface area contributed by atoms with Gasteiger partial charge in [0.2, 0.25) is 5.91 Å². The van der Waals surface area contributed by atoms with Gasteiger partial charge in [0.05, 0.1) is 0 Å². The van der Waals surface area contributed by atoms with Gasteiger partial charge in [0.25, 0.3) is 0 Å². The fraction of sp³-hybridized carbons (Fsp3) is 0.714. The molecule has 1 saturated heterocycles. The van der Waals surface area contributed by atoms with Crippen LogP contribution in [0.15, 0.2) is 0 Å². The molecule has 0 aromatic heterocycles. The summed E-state index contributed by atoms with van der Waals surface area (Å²) in [5.41, 5.74) is 0. The van der Waals surface area contributed by atoms with Crippen molar-refractivity contribution in [1.82, 2.24) is 4.90 Å². The van der Waals surface area contributed by atoms with Gasteiger partial charge in [-0.1, -0.05) is 15.9 Å². The van der Waals surface area contributed by atoms with Gasteiger partial charge in [0.1, 0.15) is 0 Å². The molecule has 0 bridgehead atoms. The van der Waals surface area contributed by atoms with E-state index in [2.05, 4.69) is 15.9 Å². The molecule has 0 aromatic carbocycles. The molecule has 1 rings (SSSR count). The minimum absolute atomic E-state index is 0.333. The van der Waals surface area contributed by atoms with Gasteiger partial charge in [0, 0.05) is 13.1 Å². The molecule has 1 aliphatic heterocycles. The third kappa shape index (κ3) is 1.97. The van der Waals surface area contributed by atoms with Crippen molar-refractivity contribution in [3.63, 3.8) is 0 Å². The molecule has 0 spiro atoms. The average Bonchev–Trinajstić information content (AvgIpc) is 2.53. The first-order chi connectivity index (χ1) is 5.63. The van der Waals surface area contributed by atoms with Gasteiger partial charge in [-0.3, -0.25) is 9.59 Å². The number of nitrogens with zero attached hydrogens (tertiary/aromatic N) is 1. The topological polar surface area (TPSA) is 57.6 Å². The molecule has 5 heteroatoms. The van der Waals surface area contributed by atoms with E-state index in [9.17, 15) is 9.59 Å². The number of carbonyl (C=O) groups is 2. The number of carboxylic acids is 1. The molecule has 1 amide bonds. The van der Waals surface area contributed by atoms with E-state index in [1.165, 1.54) is 0 Å². The fourth-order valence-corrected chi connectivity index (χ4v) is 1.49. The summed E-state index contributed by atoms with van der Waals surface area (Å²) in [6.45, 7) is 1.38. The summed E-state index contributed by atoms with van der Waals surface area (Å²) in [6.07, 6.45) is 1.95. The summed E-state index contributed by atoms with van der Waals surface area (Å²) >= 11 is 2.83. The predicted molar refractivity (Wildman–Crippen MR) is 46.2 cm³/mol. The summed E-state index contributed by atoms with van der Waals surface area (Å²) in [5, 5.41) is 8.52. The van der Waals surface area contributed by atoms with E-state index >= 15 is 0 Å². The van der Waals surface area contributed by atoms with Crippen LogP contribution in [0.25, 0.3) is 0 Å². The Morgan fingerprint density at radius 2 is 1.83 bits per heavy atom. The van der Waals surface area contributed by atoms with Crippen molar-refractivity contribution in [2.45, 2.75) is 17.7 Å². The normalized spacial score (nSPS) is 19.2. The molecule has 12 heavy (non-hydrogen) atoms. The van der Waals surface area contributed by atoms with Crippen LogP contribution in [-0.4, -0.2) is 39.8 Å². The van der Waals surface area contributed by atoms with Gasteiger partial charge in [-0.25, -0.2) is 0 Å². The van der Waals surface area contributed by atoms with E-state index in [1.807, 2.05) is 0 Å². The van der Waals surface area contributed by atoms with Crippen molar-refractivity contribution in [1.29, 1.82) is 0 Å². The largest absolute Gasteiger partial charge is 0.480 e. The van der Waals surface area contributed by atoms with E-state index in [4.69, 9.17) is 5.11 Å². The van der Waals surface area contributed by atoms with Gasteiger partial charge < -0.3 is 10.0 Å². The number of halogens is 1. The zero-order chi connectivity index (χ0) is 9.14. The second kappa shape index (κ2) is 3.89. The Morgan fingerprint density at radius 3 is 2.25 bits per heavy atom. The highest BCUT2D eigenvalue weighted by molar-refractivity contribution is 9.10. The zero-order valence-corrected chi connectivity index (χ0v) is 8.08. The Hall–Kier alpha value is -0.580. The first kappa shape index (κ1) is 9.51. The standard InChI is InChI=1S/C7H10BrNO3/c8-5(7(11)12)6(10)9-3-1-2-4-9/h5H,1-4H2,(H,11,12). The maximum Gasteiger partial charge on any atom is 0.327 e. The summed E-state index contributed by atoms with van der Waals surface area (Å²) in [6, 6.07) is 0. The molecule has 4 nitrogen and oxygen atoms in total. The monoisotopic (exact) mass is 235 g/mol. The van der Waals surface area contributed by atoms with E-state index in [1.54, 1.807) is 4.90 Å². The van der Waals surface area contributed by atoms with Crippen molar-refractivity contribution in [2.24, 2.45) is 0 Å². The number of carboxylic acid groups (broad SMARTS) is 1. The number of amides is 1. The molecule has 0 aliphatic carbocycles. The molecule has 1 N–H and O–H groups in total. The van der Waals surface area contributed by atoms with E-state index in [0.29, 0.717) is 13.1 Å². The lowest BCUT2D eigenvalue weighted by atomic mass is 10.4. The van der Waals surface area contributed by atoms with Crippen LogP contribution in [0.3, 0.4) is 0 Å². The number of alkyl halides is 1. The number of hydrogen-bond donors (Lipinski definition) is 1. The Morgan fingerprint density at radius 1 is 1.33 bits per heavy atom.